The predicted octanol–water partition coefficient (Wildman–Crippen LogP) is 1.40. The lowest BCUT2D eigenvalue weighted by Gasteiger charge is -2.29. The largest absolute Gasteiger partial charge is 0.366 e. The molecule has 18 heavy (non-hydrogen) atoms. The maximum atomic E-state index is 12.1. The summed E-state index contributed by atoms with van der Waals surface area (Å²) in [4.78, 5) is 14.0. The van der Waals surface area contributed by atoms with Crippen LogP contribution in [-0.4, -0.2) is 50.2 Å². The number of nitrogens with zero attached hydrogens (tertiary/aromatic N) is 1. The van der Waals surface area contributed by atoms with Crippen LogP contribution in [0.2, 0.25) is 0 Å². The molecule has 1 atom stereocenters. The average molecular weight is 254 g/mol. The number of nitrogens with one attached hydrogen (secondary N) is 1. The summed E-state index contributed by atoms with van der Waals surface area (Å²) in [5.41, 5.74) is 0. The number of likely N-dealkylation sites (N-methyl/N-ethyl adjacent to an activating group) is 1. The van der Waals surface area contributed by atoms with Crippen LogP contribution in [0.15, 0.2) is 0 Å². The highest BCUT2D eigenvalue weighted by Gasteiger charge is 2.25. The zero-order chi connectivity index (χ0) is 12.8. The Morgan fingerprint density at radius 2 is 2.11 bits per heavy atom. The van der Waals surface area contributed by atoms with Gasteiger partial charge in [0.15, 0.2) is 0 Å². The van der Waals surface area contributed by atoms with Crippen molar-refractivity contribution >= 4 is 5.91 Å². The van der Waals surface area contributed by atoms with Crippen molar-refractivity contribution in [2.45, 2.75) is 44.6 Å². The van der Waals surface area contributed by atoms with Crippen molar-refractivity contribution in [3.8, 4) is 0 Å². The Kier molecular flexibility index (Phi) is 5.45. The van der Waals surface area contributed by atoms with Gasteiger partial charge in [-0.05, 0) is 12.3 Å². The molecule has 0 aromatic rings. The molecule has 1 heterocycles. The lowest BCUT2D eigenvalue weighted by molar-refractivity contribution is -0.144. The van der Waals surface area contributed by atoms with Crippen molar-refractivity contribution in [2.75, 3.05) is 33.3 Å². The summed E-state index contributed by atoms with van der Waals surface area (Å²) in [6, 6.07) is 0. The van der Waals surface area contributed by atoms with E-state index < -0.39 is 0 Å². The quantitative estimate of drug-likeness (QED) is 0.824. The van der Waals surface area contributed by atoms with E-state index in [-0.39, 0.29) is 12.0 Å². The lowest BCUT2D eigenvalue weighted by Crippen LogP contribution is -2.48. The van der Waals surface area contributed by atoms with Crippen LogP contribution in [-0.2, 0) is 9.53 Å². The van der Waals surface area contributed by atoms with Gasteiger partial charge < -0.3 is 15.0 Å². The molecular formula is C14H26N2O2. The first-order chi connectivity index (χ1) is 8.77. The smallest absolute Gasteiger partial charge is 0.252 e. The maximum absolute atomic E-state index is 12.1. The Labute approximate surface area is 110 Å². The third-order valence-electron chi connectivity index (χ3n) is 4.18. The molecular weight excluding hydrogens is 228 g/mol. The summed E-state index contributed by atoms with van der Waals surface area (Å²) in [5.74, 6) is 0.970. The summed E-state index contributed by atoms with van der Waals surface area (Å²) in [6.07, 6.45) is 7.73. The molecule has 2 aliphatic rings. The molecule has 1 unspecified atom stereocenters. The zero-order valence-electron chi connectivity index (χ0n) is 11.5. The van der Waals surface area contributed by atoms with Crippen molar-refractivity contribution < 1.29 is 9.53 Å². The number of carbonyl (C=O) groups is 1. The minimum atomic E-state index is -0.268. The van der Waals surface area contributed by atoms with Gasteiger partial charge in [0.1, 0.15) is 6.10 Å². The monoisotopic (exact) mass is 254 g/mol. The second-order valence-corrected chi connectivity index (χ2v) is 5.62. The highest BCUT2D eigenvalue weighted by molar-refractivity contribution is 5.81. The van der Waals surface area contributed by atoms with Gasteiger partial charge in [-0.1, -0.05) is 32.1 Å². The van der Waals surface area contributed by atoms with E-state index in [0.717, 1.165) is 25.4 Å². The van der Waals surface area contributed by atoms with Gasteiger partial charge in [-0.3, -0.25) is 4.79 Å². The van der Waals surface area contributed by atoms with Crippen LogP contribution in [0.3, 0.4) is 0 Å². The van der Waals surface area contributed by atoms with Crippen LogP contribution >= 0.6 is 0 Å². The van der Waals surface area contributed by atoms with Crippen LogP contribution in [0.25, 0.3) is 0 Å². The number of carbonyl (C=O) groups excluding carboxylic acids is 1. The topological polar surface area (TPSA) is 41.6 Å². The van der Waals surface area contributed by atoms with Crippen LogP contribution in [0.1, 0.15) is 38.5 Å². The van der Waals surface area contributed by atoms with Gasteiger partial charge >= 0.3 is 0 Å². The Bertz CT molecular complexity index is 259. The molecule has 1 amide bonds. The van der Waals surface area contributed by atoms with Crippen LogP contribution < -0.4 is 5.32 Å². The maximum Gasteiger partial charge on any atom is 0.252 e. The average Bonchev–Trinajstić information content (AvgIpc) is 2.46. The third kappa shape index (κ3) is 3.95. The summed E-state index contributed by atoms with van der Waals surface area (Å²) in [5, 5.41) is 3.20. The van der Waals surface area contributed by atoms with Gasteiger partial charge in [0, 0.05) is 26.7 Å². The van der Waals surface area contributed by atoms with E-state index in [1.54, 1.807) is 0 Å². The third-order valence-corrected chi connectivity index (χ3v) is 4.18. The first kappa shape index (κ1) is 13.8. The van der Waals surface area contributed by atoms with Crippen LogP contribution in [0, 0.1) is 5.92 Å². The summed E-state index contributed by atoms with van der Waals surface area (Å²) < 4.78 is 5.50. The van der Waals surface area contributed by atoms with Gasteiger partial charge in [-0.15, -0.1) is 0 Å². The zero-order valence-corrected chi connectivity index (χ0v) is 11.5. The molecule has 104 valence electrons. The summed E-state index contributed by atoms with van der Waals surface area (Å²) in [7, 11) is 1.91. The fourth-order valence-electron chi connectivity index (χ4n) is 2.93. The number of amides is 1. The van der Waals surface area contributed by atoms with E-state index >= 15 is 0 Å². The molecule has 1 aliphatic heterocycles. The van der Waals surface area contributed by atoms with Crippen molar-refractivity contribution in [3.05, 3.63) is 0 Å². The van der Waals surface area contributed by atoms with Crippen molar-refractivity contribution in [1.29, 1.82) is 0 Å². The molecule has 0 bridgehead atoms. The Morgan fingerprint density at radius 1 is 1.33 bits per heavy atom. The number of hydrogen-bond acceptors (Lipinski definition) is 3. The molecule has 0 spiro atoms. The van der Waals surface area contributed by atoms with E-state index in [9.17, 15) is 4.79 Å². The van der Waals surface area contributed by atoms with E-state index in [0.29, 0.717) is 13.2 Å². The number of hydrogen-bond donors (Lipinski definition) is 1. The highest BCUT2D eigenvalue weighted by Crippen LogP contribution is 2.26. The normalized spacial score (nSPS) is 25.9. The fraction of sp³-hybridized carbons (Fsp3) is 0.929. The second kappa shape index (κ2) is 7.10. The van der Waals surface area contributed by atoms with E-state index in [1.165, 1.54) is 32.1 Å². The van der Waals surface area contributed by atoms with Crippen molar-refractivity contribution in [2.24, 2.45) is 5.92 Å². The SMILES string of the molecule is CN(CCC1CCCCC1)C(=O)C1CNCCO1. The Hall–Kier alpha value is -0.610. The molecule has 2 fully saturated rings. The van der Waals surface area contributed by atoms with E-state index in [2.05, 4.69) is 5.32 Å². The highest BCUT2D eigenvalue weighted by atomic mass is 16.5. The fourth-order valence-corrected chi connectivity index (χ4v) is 2.93. The minimum absolute atomic E-state index is 0.137. The van der Waals surface area contributed by atoms with Crippen molar-refractivity contribution in [1.82, 2.24) is 10.2 Å². The number of rotatable bonds is 4. The second-order valence-electron chi connectivity index (χ2n) is 5.62. The molecule has 4 nitrogen and oxygen atoms in total. The van der Waals surface area contributed by atoms with Gasteiger partial charge in [-0.2, -0.15) is 0 Å². The van der Waals surface area contributed by atoms with Crippen LogP contribution in [0.4, 0.5) is 0 Å². The van der Waals surface area contributed by atoms with Gasteiger partial charge in [-0.25, -0.2) is 0 Å². The molecule has 0 radical (unpaired) electrons. The van der Waals surface area contributed by atoms with Crippen molar-refractivity contribution in [3.63, 3.8) is 0 Å². The first-order valence-electron chi connectivity index (χ1n) is 7.34. The van der Waals surface area contributed by atoms with Gasteiger partial charge in [0.25, 0.3) is 5.91 Å². The summed E-state index contributed by atoms with van der Waals surface area (Å²) >= 11 is 0. The molecule has 1 N–H and O–H groups in total. The predicted molar refractivity (Wildman–Crippen MR) is 71.4 cm³/mol. The summed E-state index contributed by atoms with van der Waals surface area (Å²) in [6.45, 7) is 3.04. The standard InChI is InChI=1S/C14H26N2O2/c1-16(9-7-12-5-3-2-4-6-12)14(17)13-11-15-8-10-18-13/h12-13,15H,2-11H2,1H3. The van der Waals surface area contributed by atoms with Gasteiger partial charge in [0.2, 0.25) is 0 Å². The Balaban J connectivity index is 1.69. The van der Waals surface area contributed by atoms with Crippen LogP contribution in [0.5, 0.6) is 0 Å². The lowest BCUT2D eigenvalue weighted by atomic mass is 9.87. The molecule has 1 aliphatic carbocycles. The Morgan fingerprint density at radius 3 is 2.78 bits per heavy atom. The molecule has 1 saturated carbocycles. The first-order valence-corrected chi connectivity index (χ1v) is 7.34. The minimum Gasteiger partial charge on any atom is -0.366 e. The van der Waals surface area contributed by atoms with Gasteiger partial charge in [0.05, 0.1) is 6.61 Å². The molecule has 2 rings (SSSR count). The molecule has 0 aromatic carbocycles. The molecule has 1 saturated heterocycles. The molecule has 0 aromatic heterocycles. The van der Waals surface area contributed by atoms with E-state index in [1.807, 2.05) is 11.9 Å². The molecule has 4 heteroatoms. The van der Waals surface area contributed by atoms with E-state index in [4.69, 9.17) is 4.74 Å². The number of morpholine rings is 1. The number of ether oxygens (including phenoxy) is 1.